The molecule has 1 unspecified atom stereocenters. The van der Waals surface area contributed by atoms with Gasteiger partial charge in [-0.15, -0.1) is 0 Å². The maximum Gasteiger partial charge on any atom is 0.317 e. The first kappa shape index (κ1) is 21.9. The second-order valence-electron chi connectivity index (χ2n) is 6.39. The summed E-state index contributed by atoms with van der Waals surface area (Å²) in [6.07, 6.45) is 11.3. The Labute approximate surface area is 142 Å². The number of rotatable bonds is 15. The summed E-state index contributed by atoms with van der Waals surface area (Å²) in [4.78, 5) is 23.0. The molecule has 4 heteroatoms. The molecule has 1 atom stereocenters. The van der Waals surface area contributed by atoms with Gasteiger partial charge in [0.15, 0.2) is 0 Å². The van der Waals surface area contributed by atoms with E-state index < -0.39 is 11.9 Å². The van der Waals surface area contributed by atoms with Crippen molar-refractivity contribution in [2.45, 2.75) is 91.4 Å². The Morgan fingerprint density at radius 3 is 1.87 bits per heavy atom. The average molecular weight is 328 g/mol. The molecule has 0 radical (unpaired) electrons. The quantitative estimate of drug-likeness (QED) is 0.240. The molecule has 0 heterocycles. The van der Waals surface area contributed by atoms with Crippen molar-refractivity contribution >= 4 is 11.9 Å². The highest BCUT2D eigenvalue weighted by Crippen LogP contribution is 2.09. The zero-order valence-electron chi connectivity index (χ0n) is 15.4. The highest BCUT2D eigenvalue weighted by molar-refractivity contribution is 5.91. The van der Waals surface area contributed by atoms with Crippen LogP contribution in [0.2, 0.25) is 0 Å². The number of hydrogen-bond donors (Lipinski definition) is 0. The summed E-state index contributed by atoms with van der Waals surface area (Å²) in [5.41, 5.74) is 0. The van der Waals surface area contributed by atoms with Crippen LogP contribution in [0.1, 0.15) is 91.4 Å². The number of carbonyl (C=O) groups excluding carboxylic acids is 2. The standard InChI is InChI=1S/C19H36O4/c1-4-6-7-8-9-10-11-12-14-22-18(20)16-19(21)23-15-13-17(3)5-2/h17H,4-16H2,1-3H3. The molecular weight excluding hydrogens is 292 g/mol. The molecule has 0 aliphatic rings. The fourth-order valence-electron chi connectivity index (χ4n) is 2.22. The smallest absolute Gasteiger partial charge is 0.317 e. The van der Waals surface area contributed by atoms with Gasteiger partial charge >= 0.3 is 11.9 Å². The Morgan fingerprint density at radius 1 is 0.783 bits per heavy atom. The Morgan fingerprint density at radius 2 is 1.30 bits per heavy atom. The molecule has 23 heavy (non-hydrogen) atoms. The predicted octanol–water partition coefficient (Wildman–Crippen LogP) is 5.04. The van der Waals surface area contributed by atoms with E-state index in [-0.39, 0.29) is 6.42 Å². The summed E-state index contributed by atoms with van der Waals surface area (Å²) in [5, 5.41) is 0. The van der Waals surface area contributed by atoms with Gasteiger partial charge in [0, 0.05) is 0 Å². The van der Waals surface area contributed by atoms with Gasteiger partial charge in [0.1, 0.15) is 6.42 Å². The topological polar surface area (TPSA) is 52.6 Å². The normalized spacial score (nSPS) is 12.0. The minimum Gasteiger partial charge on any atom is -0.465 e. The van der Waals surface area contributed by atoms with Crippen LogP contribution >= 0.6 is 0 Å². The first-order valence-corrected chi connectivity index (χ1v) is 9.41. The van der Waals surface area contributed by atoms with Crippen LogP contribution < -0.4 is 0 Å². The molecule has 136 valence electrons. The largest absolute Gasteiger partial charge is 0.465 e. The van der Waals surface area contributed by atoms with Crippen molar-refractivity contribution in [2.24, 2.45) is 5.92 Å². The summed E-state index contributed by atoms with van der Waals surface area (Å²) in [7, 11) is 0. The van der Waals surface area contributed by atoms with E-state index in [1.807, 2.05) is 0 Å². The van der Waals surface area contributed by atoms with E-state index in [1.54, 1.807) is 0 Å². The van der Waals surface area contributed by atoms with E-state index in [4.69, 9.17) is 9.47 Å². The van der Waals surface area contributed by atoms with Gasteiger partial charge in [0.05, 0.1) is 13.2 Å². The molecule has 0 saturated carbocycles. The molecule has 0 bridgehead atoms. The lowest BCUT2D eigenvalue weighted by Crippen LogP contribution is -2.15. The molecule has 0 aliphatic carbocycles. The molecule has 0 aromatic carbocycles. The highest BCUT2D eigenvalue weighted by atomic mass is 16.6. The molecule has 0 aliphatic heterocycles. The van der Waals surface area contributed by atoms with Crippen molar-refractivity contribution in [3.63, 3.8) is 0 Å². The molecule has 0 aromatic heterocycles. The van der Waals surface area contributed by atoms with Crippen LogP contribution in [0.3, 0.4) is 0 Å². The lowest BCUT2D eigenvalue weighted by Gasteiger charge is -2.09. The van der Waals surface area contributed by atoms with Gasteiger partial charge in [-0.1, -0.05) is 72.1 Å². The van der Waals surface area contributed by atoms with E-state index >= 15 is 0 Å². The van der Waals surface area contributed by atoms with Crippen LogP contribution in [0.4, 0.5) is 0 Å². The summed E-state index contributed by atoms with van der Waals surface area (Å²) in [5.74, 6) is -0.410. The Balaban J connectivity index is 3.40. The molecule has 4 nitrogen and oxygen atoms in total. The average Bonchev–Trinajstić information content (AvgIpc) is 2.53. The van der Waals surface area contributed by atoms with Crippen LogP contribution in [-0.2, 0) is 19.1 Å². The third kappa shape index (κ3) is 15.6. The van der Waals surface area contributed by atoms with Gasteiger partial charge in [-0.05, 0) is 18.8 Å². The predicted molar refractivity (Wildman–Crippen MR) is 93.2 cm³/mol. The zero-order chi connectivity index (χ0) is 17.3. The summed E-state index contributed by atoms with van der Waals surface area (Å²) in [6, 6.07) is 0. The number of ether oxygens (including phenoxy) is 2. The number of unbranched alkanes of at least 4 members (excludes halogenated alkanes) is 7. The van der Waals surface area contributed by atoms with Gasteiger partial charge in [-0.2, -0.15) is 0 Å². The minimum atomic E-state index is -0.478. The molecule has 0 aromatic rings. The van der Waals surface area contributed by atoms with Crippen LogP contribution in [-0.4, -0.2) is 25.2 Å². The van der Waals surface area contributed by atoms with E-state index in [0.717, 1.165) is 25.7 Å². The molecule has 0 saturated heterocycles. The van der Waals surface area contributed by atoms with Gasteiger partial charge in [-0.3, -0.25) is 9.59 Å². The van der Waals surface area contributed by atoms with Crippen LogP contribution in [0, 0.1) is 5.92 Å². The summed E-state index contributed by atoms with van der Waals surface area (Å²) >= 11 is 0. The van der Waals surface area contributed by atoms with Crippen molar-refractivity contribution in [2.75, 3.05) is 13.2 Å². The Kier molecular flexibility index (Phi) is 15.1. The molecule has 0 fully saturated rings. The minimum absolute atomic E-state index is 0.266. The van der Waals surface area contributed by atoms with Gasteiger partial charge < -0.3 is 9.47 Å². The third-order valence-corrected chi connectivity index (χ3v) is 4.12. The molecular formula is C19H36O4. The van der Waals surface area contributed by atoms with E-state index in [9.17, 15) is 9.59 Å². The third-order valence-electron chi connectivity index (χ3n) is 4.12. The second-order valence-corrected chi connectivity index (χ2v) is 6.39. The molecule has 0 N–H and O–H groups in total. The van der Waals surface area contributed by atoms with Crippen molar-refractivity contribution in [1.82, 2.24) is 0 Å². The molecule has 0 rings (SSSR count). The highest BCUT2D eigenvalue weighted by Gasteiger charge is 2.12. The van der Waals surface area contributed by atoms with Crippen LogP contribution in [0.15, 0.2) is 0 Å². The fourth-order valence-corrected chi connectivity index (χ4v) is 2.22. The monoisotopic (exact) mass is 328 g/mol. The Hall–Kier alpha value is -1.06. The lowest BCUT2D eigenvalue weighted by molar-refractivity contribution is -0.154. The molecule has 0 spiro atoms. The number of carbonyl (C=O) groups is 2. The van der Waals surface area contributed by atoms with E-state index in [2.05, 4.69) is 20.8 Å². The maximum atomic E-state index is 11.5. The van der Waals surface area contributed by atoms with Crippen molar-refractivity contribution in [3.8, 4) is 0 Å². The first-order chi connectivity index (χ1) is 11.1. The van der Waals surface area contributed by atoms with Crippen LogP contribution in [0.5, 0.6) is 0 Å². The second kappa shape index (κ2) is 15.8. The summed E-state index contributed by atoms with van der Waals surface area (Å²) in [6.45, 7) is 7.24. The zero-order valence-corrected chi connectivity index (χ0v) is 15.4. The molecule has 0 amide bonds. The first-order valence-electron chi connectivity index (χ1n) is 9.41. The summed E-state index contributed by atoms with van der Waals surface area (Å²) < 4.78 is 10.1. The van der Waals surface area contributed by atoms with Crippen LogP contribution in [0.25, 0.3) is 0 Å². The van der Waals surface area contributed by atoms with Crippen molar-refractivity contribution in [1.29, 1.82) is 0 Å². The van der Waals surface area contributed by atoms with Crippen molar-refractivity contribution in [3.05, 3.63) is 0 Å². The maximum absolute atomic E-state index is 11.5. The van der Waals surface area contributed by atoms with E-state index in [0.29, 0.717) is 19.1 Å². The number of hydrogen-bond acceptors (Lipinski definition) is 4. The fraction of sp³-hybridized carbons (Fsp3) is 0.895. The Bertz CT molecular complexity index is 302. The van der Waals surface area contributed by atoms with Gasteiger partial charge in [0.25, 0.3) is 0 Å². The SMILES string of the molecule is CCCCCCCCCCOC(=O)CC(=O)OCCC(C)CC. The van der Waals surface area contributed by atoms with Gasteiger partial charge in [0.2, 0.25) is 0 Å². The van der Waals surface area contributed by atoms with Crippen molar-refractivity contribution < 1.29 is 19.1 Å². The van der Waals surface area contributed by atoms with Gasteiger partial charge in [-0.25, -0.2) is 0 Å². The number of esters is 2. The lowest BCUT2D eigenvalue weighted by atomic mass is 10.1. The van der Waals surface area contributed by atoms with E-state index in [1.165, 1.54) is 38.5 Å².